The predicted molar refractivity (Wildman–Crippen MR) is 69.2 cm³/mol. The van der Waals surface area contributed by atoms with Crippen LogP contribution < -0.4 is 5.73 Å². The normalized spacial score (nSPS) is 28.3. The van der Waals surface area contributed by atoms with Crippen LogP contribution in [0.3, 0.4) is 0 Å². The van der Waals surface area contributed by atoms with Gasteiger partial charge in [-0.2, -0.15) is 0 Å². The number of rotatable bonds is 3. The van der Waals surface area contributed by atoms with Gasteiger partial charge >= 0.3 is 0 Å². The number of hydrogen-bond donors (Lipinski definition) is 1. The molecule has 0 heterocycles. The van der Waals surface area contributed by atoms with Gasteiger partial charge in [-0.05, 0) is 42.9 Å². The second-order valence-corrected chi connectivity index (χ2v) is 5.66. The van der Waals surface area contributed by atoms with E-state index < -0.39 is 11.6 Å². The van der Waals surface area contributed by atoms with Crippen LogP contribution in [0.1, 0.15) is 44.6 Å². The van der Waals surface area contributed by atoms with Crippen LogP contribution in [0, 0.1) is 17.6 Å². The van der Waals surface area contributed by atoms with Crippen molar-refractivity contribution in [2.24, 2.45) is 11.7 Å². The molecule has 18 heavy (non-hydrogen) atoms. The largest absolute Gasteiger partial charge is 0.325 e. The van der Waals surface area contributed by atoms with E-state index in [1.165, 1.54) is 18.6 Å². The van der Waals surface area contributed by atoms with Gasteiger partial charge in [0.05, 0.1) is 0 Å². The Morgan fingerprint density at radius 1 is 1.33 bits per heavy atom. The Labute approximate surface area is 107 Å². The van der Waals surface area contributed by atoms with Crippen LogP contribution in [-0.2, 0) is 6.42 Å². The van der Waals surface area contributed by atoms with Gasteiger partial charge in [0, 0.05) is 5.54 Å². The van der Waals surface area contributed by atoms with Gasteiger partial charge < -0.3 is 5.73 Å². The van der Waals surface area contributed by atoms with Crippen molar-refractivity contribution in [1.29, 1.82) is 0 Å². The highest BCUT2D eigenvalue weighted by Crippen LogP contribution is 2.34. The van der Waals surface area contributed by atoms with Crippen LogP contribution in [0.5, 0.6) is 0 Å². The van der Waals surface area contributed by atoms with Crippen molar-refractivity contribution in [2.45, 2.75) is 51.0 Å². The van der Waals surface area contributed by atoms with Crippen molar-refractivity contribution in [3.8, 4) is 0 Å². The third kappa shape index (κ3) is 3.08. The first-order valence-electron chi connectivity index (χ1n) is 6.75. The minimum absolute atomic E-state index is 0.247. The van der Waals surface area contributed by atoms with Crippen LogP contribution in [0.15, 0.2) is 18.2 Å². The number of benzene rings is 1. The van der Waals surface area contributed by atoms with Gasteiger partial charge in [-0.15, -0.1) is 0 Å². The third-order valence-electron chi connectivity index (χ3n) is 4.10. The average molecular weight is 253 g/mol. The summed E-state index contributed by atoms with van der Waals surface area (Å²) < 4.78 is 26.1. The molecule has 1 aromatic carbocycles. The molecule has 2 unspecified atom stereocenters. The molecule has 2 atom stereocenters. The van der Waals surface area contributed by atoms with E-state index in [-0.39, 0.29) is 5.54 Å². The Hall–Kier alpha value is -0.960. The quantitative estimate of drug-likeness (QED) is 0.871. The van der Waals surface area contributed by atoms with Crippen LogP contribution in [-0.4, -0.2) is 5.54 Å². The Kier molecular flexibility index (Phi) is 4.00. The summed E-state index contributed by atoms with van der Waals surface area (Å²) >= 11 is 0. The number of hydrogen-bond acceptors (Lipinski definition) is 1. The van der Waals surface area contributed by atoms with Crippen molar-refractivity contribution in [3.63, 3.8) is 0 Å². The molecule has 1 aromatic rings. The smallest absolute Gasteiger partial charge is 0.159 e. The summed E-state index contributed by atoms with van der Waals surface area (Å²) in [6.45, 7) is 2.19. The fraction of sp³-hybridized carbons (Fsp3) is 0.600. The second-order valence-electron chi connectivity index (χ2n) is 5.66. The maximum absolute atomic E-state index is 13.2. The lowest BCUT2D eigenvalue weighted by atomic mass is 9.72. The maximum Gasteiger partial charge on any atom is 0.159 e. The first kappa shape index (κ1) is 13.5. The summed E-state index contributed by atoms with van der Waals surface area (Å²) in [5.74, 6) is -0.895. The Morgan fingerprint density at radius 3 is 2.78 bits per heavy atom. The van der Waals surface area contributed by atoms with E-state index >= 15 is 0 Å². The topological polar surface area (TPSA) is 26.0 Å². The van der Waals surface area contributed by atoms with Gasteiger partial charge in [-0.25, -0.2) is 8.78 Å². The highest BCUT2D eigenvalue weighted by Gasteiger charge is 2.32. The van der Waals surface area contributed by atoms with E-state index in [1.54, 1.807) is 6.07 Å². The zero-order valence-electron chi connectivity index (χ0n) is 10.9. The van der Waals surface area contributed by atoms with Crippen molar-refractivity contribution < 1.29 is 8.78 Å². The monoisotopic (exact) mass is 253 g/mol. The second kappa shape index (κ2) is 5.35. The molecule has 0 amide bonds. The minimum Gasteiger partial charge on any atom is -0.325 e. The van der Waals surface area contributed by atoms with Crippen LogP contribution in [0.4, 0.5) is 8.78 Å². The number of nitrogens with two attached hydrogens (primary N) is 1. The molecule has 0 saturated heterocycles. The van der Waals surface area contributed by atoms with Gasteiger partial charge in [0.2, 0.25) is 0 Å². The average Bonchev–Trinajstić information content (AvgIpc) is 2.33. The number of halogens is 2. The lowest BCUT2D eigenvalue weighted by Gasteiger charge is -2.38. The first-order valence-corrected chi connectivity index (χ1v) is 6.75. The highest BCUT2D eigenvalue weighted by molar-refractivity contribution is 5.20. The Bertz CT molecular complexity index is 419. The fourth-order valence-electron chi connectivity index (χ4n) is 3.09. The molecule has 1 aliphatic carbocycles. The van der Waals surface area contributed by atoms with Crippen molar-refractivity contribution >= 4 is 0 Å². The molecule has 100 valence electrons. The van der Waals surface area contributed by atoms with E-state index in [0.717, 1.165) is 31.2 Å². The molecule has 1 nitrogen and oxygen atoms in total. The minimum atomic E-state index is -0.792. The zero-order valence-corrected chi connectivity index (χ0v) is 10.9. The summed E-state index contributed by atoms with van der Waals surface area (Å²) in [7, 11) is 0. The lowest BCUT2D eigenvalue weighted by molar-refractivity contribution is 0.218. The molecule has 2 rings (SSSR count). The van der Waals surface area contributed by atoms with E-state index in [2.05, 4.69) is 6.92 Å². The van der Waals surface area contributed by atoms with Gasteiger partial charge in [0.25, 0.3) is 0 Å². The van der Waals surface area contributed by atoms with E-state index in [4.69, 9.17) is 5.73 Å². The van der Waals surface area contributed by atoms with Crippen LogP contribution in [0.25, 0.3) is 0 Å². The summed E-state index contributed by atoms with van der Waals surface area (Å²) in [5, 5.41) is 0. The molecule has 0 spiro atoms. The molecule has 0 aromatic heterocycles. The molecule has 1 saturated carbocycles. The van der Waals surface area contributed by atoms with E-state index in [1.807, 2.05) is 0 Å². The molecular weight excluding hydrogens is 232 g/mol. The third-order valence-corrected chi connectivity index (χ3v) is 4.10. The summed E-state index contributed by atoms with van der Waals surface area (Å²) in [4.78, 5) is 0. The first-order chi connectivity index (χ1) is 8.52. The molecule has 0 aliphatic heterocycles. The van der Waals surface area contributed by atoms with Gasteiger partial charge in [0.15, 0.2) is 11.6 Å². The van der Waals surface area contributed by atoms with Crippen molar-refractivity contribution in [1.82, 2.24) is 0 Å². The summed E-state index contributed by atoms with van der Waals surface area (Å²) in [5.41, 5.74) is 6.98. The molecule has 1 aliphatic rings. The van der Waals surface area contributed by atoms with Crippen molar-refractivity contribution in [3.05, 3.63) is 35.4 Å². The fourth-order valence-corrected chi connectivity index (χ4v) is 3.09. The van der Waals surface area contributed by atoms with Crippen LogP contribution >= 0.6 is 0 Å². The maximum atomic E-state index is 13.2. The summed E-state index contributed by atoms with van der Waals surface area (Å²) in [6.07, 6.45) is 6.13. The highest BCUT2D eigenvalue weighted by atomic mass is 19.2. The zero-order chi connectivity index (χ0) is 13.2. The molecular formula is C15H21F2N. The van der Waals surface area contributed by atoms with E-state index in [0.29, 0.717) is 12.3 Å². The molecule has 1 fully saturated rings. The van der Waals surface area contributed by atoms with Crippen LogP contribution in [0.2, 0.25) is 0 Å². The molecule has 0 bridgehead atoms. The van der Waals surface area contributed by atoms with Gasteiger partial charge in [-0.1, -0.05) is 32.3 Å². The molecule has 0 radical (unpaired) electrons. The van der Waals surface area contributed by atoms with Crippen molar-refractivity contribution in [2.75, 3.05) is 0 Å². The predicted octanol–water partition coefficient (Wildman–Crippen LogP) is 3.81. The lowest BCUT2D eigenvalue weighted by Crippen LogP contribution is -2.46. The molecule has 2 N–H and O–H groups in total. The SMILES string of the molecule is CCC1CCCC(N)(Cc2ccc(F)c(F)c2)C1. The molecule has 3 heteroatoms. The van der Waals surface area contributed by atoms with Gasteiger partial charge in [0.1, 0.15) is 0 Å². The standard InChI is InChI=1S/C15H21F2N/c1-2-11-4-3-7-15(18,9-11)10-12-5-6-13(16)14(17)8-12/h5-6,8,11H,2-4,7,9-10,18H2,1H3. The van der Waals surface area contributed by atoms with Gasteiger partial charge in [-0.3, -0.25) is 0 Å². The Morgan fingerprint density at radius 2 is 2.11 bits per heavy atom. The summed E-state index contributed by atoms with van der Waals surface area (Å²) in [6, 6.07) is 4.11. The Balaban J connectivity index is 2.09. The van der Waals surface area contributed by atoms with E-state index in [9.17, 15) is 8.78 Å².